The minimum absolute atomic E-state index is 0.140. The van der Waals surface area contributed by atoms with Crippen LogP contribution in [0.25, 0.3) is 22.3 Å². The predicted octanol–water partition coefficient (Wildman–Crippen LogP) is 6.14. The first-order chi connectivity index (χ1) is 24.3. The van der Waals surface area contributed by atoms with Crippen LogP contribution in [0.4, 0.5) is 11.6 Å². The lowest BCUT2D eigenvalue weighted by Gasteiger charge is -2.57. The molecule has 0 radical (unpaired) electrons. The molecule has 0 unspecified atom stereocenters. The normalized spacial score (nSPS) is 23.2. The van der Waals surface area contributed by atoms with Gasteiger partial charge >= 0.3 is 0 Å². The second-order valence-corrected chi connectivity index (χ2v) is 15.4. The van der Waals surface area contributed by atoms with Crippen LogP contribution in [-0.2, 0) is 0 Å². The maximum absolute atomic E-state index is 13.9. The van der Waals surface area contributed by atoms with Gasteiger partial charge in [0.25, 0.3) is 5.91 Å². The van der Waals surface area contributed by atoms with Crippen LogP contribution in [0.15, 0.2) is 54.6 Å². The van der Waals surface area contributed by atoms with Crippen molar-refractivity contribution in [2.75, 3.05) is 63.6 Å². The van der Waals surface area contributed by atoms with E-state index >= 15 is 0 Å². The van der Waals surface area contributed by atoms with Crippen LogP contribution in [0.1, 0.15) is 73.5 Å². The van der Waals surface area contributed by atoms with E-state index in [9.17, 15) is 9.90 Å². The molecule has 2 aromatic carbocycles. The molecule has 264 valence electrons. The first-order valence-corrected chi connectivity index (χ1v) is 18.6. The number of carbonyl (C=O) groups excluding carboxylic acids is 1. The SMILES string of the molecule is COc1ccccc1-c1cc(C(=O)Nc2nc3ccc(N4CCC(N5CC6(CCN(C)CC6)C5)CC4)cc3n2C2CCC(O)CC2)cc(C)n1. The number of nitrogens with zero attached hydrogens (tertiary/aromatic N) is 6. The minimum Gasteiger partial charge on any atom is -0.496 e. The number of likely N-dealkylation sites (tertiary alicyclic amines) is 2. The number of aliphatic hydroxyl groups excluding tert-OH is 1. The lowest BCUT2D eigenvalue weighted by Crippen LogP contribution is -2.63. The summed E-state index contributed by atoms with van der Waals surface area (Å²) in [5.74, 6) is 1.03. The molecule has 1 saturated carbocycles. The Hall–Kier alpha value is -3.99. The van der Waals surface area contributed by atoms with Gasteiger partial charge in [-0.3, -0.25) is 20.0 Å². The number of hydrogen-bond donors (Lipinski definition) is 2. The van der Waals surface area contributed by atoms with E-state index in [1.165, 1.54) is 57.5 Å². The van der Waals surface area contributed by atoms with Crippen molar-refractivity contribution in [1.29, 1.82) is 0 Å². The summed E-state index contributed by atoms with van der Waals surface area (Å²) < 4.78 is 7.81. The maximum Gasteiger partial charge on any atom is 0.258 e. The molecule has 1 amide bonds. The van der Waals surface area contributed by atoms with E-state index in [2.05, 4.69) is 49.8 Å². The summed E-state index contributed by atoms with van der Waals surface area (Å²) in [5.41, 5.74) is 6.48. The zero-order valence-corrected chi connectivity index (χ0v) is 29.8. The first kappa shape index (κ1) is 33.2. The van der Waals surface area contributed by atoms with Crippen molar-refractivity contribution in [3.8, 4) is 17.0 Å². The summed E-state index contributed by atoms with van der Waals surface area (Å²) in [4.78, 5) is 31.4. The Bertz CT molecular complexity index is 1840. The molecule has 2 N–H and O–H groups in total. The average Bonchev–Trinajstić information content (AvgIpc) is 3.48. The van der Waals surface area contributed by atoms with E-state index in [0.717, 1.165) is 61.1 Å². The topological polar surface area (TPSA) is 99.0 Å². The average molecular weight is 678 g/mol. The van der Waals surface area contributed by atoms with Crippen LogP contribution in [0, 0.1) is 12.3 Å². The largest absolute Gasteiger partial charge is 0.496 e. The third-order valence-corrected chi connectivity index (χ3v) is 12.0. The maximum atomic E-state index is 13.9. The number of ether oxygens (including phenoxy) is 1. The molecule has 3 saturated heterocycles. The number of aromatic nitrogens is 3. The highest BCUT2D eigenvalue weighted by Crippen LogP contribution is 2.43. The van der Waals surface area contributed by atoms with Gasteiger partial charge in [0.05, 0.1) is 29.9 Å². The van der Waals surface area contributed by atoms with Crippen molar-refractivity contribution in [2.24, 2.45) is 5.41 Å². The van der Waals surface area contributed by atoms with Crippen molar-refractivity contribution in [3.05, 3.63) is 65.9 Å². The molecule has 0 bridgehead atoms. The zero-order chi connectivity index (χ0) is 34.4. The minimum atomic E-state index is -0.273. The lowest BCUT2D eigenvalue weighted by molar-refractivity contribution is -0.0704. The molecule has 4 aliphatic rings. The van der Waals surface area contributed by atoms with Gasteiger partial charge < -0.3 is 24.2 Å². The summed E-state index contributed by atoms with van der Waals surface area (Å²) in [6.07, 6.45) is 7.97. The summed E-state index contributed by atoms with van der Waals surface area (Å²) in [6, 6.07) is 18.7. The summed E-state index contributed by atoms with van der Waals surface area (Å²) in [6.45, 7) is 9.04. The van der Waals surface area contributed by atoms with Crippen molar-refractivity contribution >= 4 is 28.6 Å². The number of aryl methyl sites for hydroxylation is 1. The van der Waals surface area contributed by atoms with Crippen molar-refractivity contribution in [3.63, 3.8) is 0 Å². The smallest absolute Gasteiger partial charge is 0.258 e. The number of amides is 1. The quantitative estimate of drug-likeness (QED) is 0.241. The number of rotatable bonds is 7. The molecule has 2 aromatic heterocycles. The summed E-state index contributed by atoms with van der Waals surface area (Å²) in [7, 11) is 3.89. The lowest BCUT2D eigenvalue weighted by atomic mass is 9.71. The second kappa shape index (κ2) is 13.6. The van der Waals surface area contributed by atoms with E-state index in [-0.39, 0.29) is 18.1 Å². The number of carbonyl (C=O) groups is 1. The summed E-state index contributed by atoms with van der Waals surface area (Å²) in [5, 5.41) is 13.5. The van der Waals surface area contributed by atoms with Gasteiger partial charge in [0, 0.05) is 60.8 Å². The van der Waals surface area contributed by atoms with Crippen molar-refractivity contribution in [1.82, 2.24) is 24.3 Å². The first-order valence-electron chi connectivity index (χ1n) is 18.6. The number of fused-ring (bicyclic) bond motifs is 1. The van der Waals surface area contributed by atoms with Crippen LogP contribution in [0.2, 0.25) is 0 Å². The Kier molecular flexibility index (Phi) is 9.03. The third-order valence-electron chi connectivity index (χ3n) is 12.0. The van der Waals surface area contributed by atoms with Crippen LogP contribution < -0.4 is 15.0 Å². The van der Waals surface area contributed by atoms with Crippen LogP contribution in [-0.4, -0.2) is 101 Å². The Morgan fingerprint density at radius 2 is 1.64 bits per heavy atom. The molecule has 50 heavy (non-hydrogen) atoms. The number of benzene rings is 2. The van der Waals surface area contributed by atoms with Gasteiger partial charge in [0.2, 0.25) is 5.95 Å². The molecule has 5 heterocycles. The Morgan fingerprint density at radius 1 is 0.900 bits per heavy atom. The van der Waals surface area contributed by atoms with Crippen molar-refractivity contribution in [2.45, 2.75) is 76.5 Å². The third kappa shape index (κ3) is 6.49. The number of pyridine rings is 1. The highest BCUT2D eigenvalue weighted by atomic mass is 16.5. The molecule has 4 aromatic rings. The van der Waals surface area contributed by atoms with E-state index in [1.807, 2.05) is 43.3 Å². The molecular formula is C40H51N7O3. The number of para-hydroxylation sites is 1. The Labute approximate surface area is 295 Å². The van der Waals surface area contributed by atoms with Gasteiger partial charge in [-0.1, -0.05) is 12.1 Å². The monoisotopic (exact) mass is 677 g/mol. The zero-order valence-electron chi connectivity index (χ0n) is 29.8. The second-order valence-electron chi connectivity index (χ2n) is 15.4. The number of aliphatic hydroxyl groups is 1. The number of anilines is 2. The van der Waals surface area contributed by atoms with Crippen molar-refractivity contribution < 1.29 is 14.6 Å². The summed E-state index contributed by atoms with van der Waals surface area (Å²) >= 11 is 0. The molecule has 10 heteroatoms. The van der Waals surface area contributed by atoms with Gasteiger partial charge in [0.1, 0.15) is 5.75 Å². The molecular weight excluding hydrogens is 626 g/mol. The highest BCUT2D eigenvalue weighted by Gasteiger charge is 2.46. The fourth-order valence-corrected chi connectivity index (χ4v) is 8.99. The number of methoxy groups -OCH3 is 1. The fourth-order valence-electron chi connectivity index (χ4n) is 8.99. The van der Waals surface area contributed by atoms with Crippen LogP contribution >= 0.6 is 0 Å². The highest BCUT2D eigenvalue weighted by molar-refractivity contribution is 6.05. The van der Waals surface area contributed by atoms with Gasteiger partial charge in [-0.25, -0.2) is 4.98 Å². The van der Waals surface area contributed by atoms with E-state index < -0.39 is 0 Å². The fraction of sp³-hybridized carbons (Fsp3) is 0.525. The Balaban J connectivity index is 1.02. The molecule has 1 aliphatic carbocycles. The standard InChI is InChI=1S/C40H51N7O3/c1-27-22-28(23-35(41-27)33-6-4-5-7-37(33)50-3)38(49)43-39-42-34-13-10-31(24-36(34)47(39)30-8-11-32(48)12-9-30)45-18-14-29(15-19-45)46-25-40(26-46)16-20-44(2)21-17-40/h4-7,10,13,22-24,29-30,32,48H,8-9,11-12,14-21,25-26H2,1-3H3,(H,42,43,49). The number of imidazole rings is 1. The molecule has 0 atom stereocenters. The van der Waals surface area contributed by atoms with E-state index in [1.54, 1.807) is 7.11 Å². The molecule has 4 fully saturated rings. The van der Waals surface area contributed by atoms with Gasteiger partial charge in [0.15, 0.2) is 0 Å². The Morgan fingerprint density at radius 3 is 2.38 bits per heavy atom. The number of nitrogens with one attached hydrogen (secondary N) is 1. The van der Waals surface area contributed by atoms with E-state index in [0.29, 0.717) is 34.4 Å². The van der Waals surface area contributed by atoms with Crippen LogP contribution in [0.3, 0.4) is 0 Å². The van der Waals surface area contributed by atoms with Crippen LogP contribution in [0.5, 0.6) is 5.75 Å². The van der Waals surface area contributed by atoms with E-state index in [4.69, 9.17) is 14.7 Å². The van der Waals surface area contributed by atoms with Gasteiger partial charge in [-0.15, -0.1) is 0 Å². The molecule has 3 aliphatic heterocycles. The number of piperidine rings is 2. The van der Waals surface area contributed by atoms with Gasteiger partial charge in [-0.2, -0.15) is 0 Å². The molecule has 1 spiro atoms. The molecule has 10 nitrogen and oxygen atoms in total. The molecule has 8 rings (SSSR count). The predicted molar refractivity (Wildman–Crippen MR) is 198 cm³/mol. The number of hydrogen-bond acceptors (Lipinski definition) is 8. The van der Waals surface area contributed by atoms with Gasteiger partial charge in [-0.05, 0) is 126 Å².